The Morgan fingerprint density at radius 3 is 2.78 bits per heavy atom. The maximum Gasteiger partial charge on any atom is 0.263 e. The van der Waals surface area contributed by atoms with Crippen LogP contribution in [0.15, 0.2) is 77.2 Å². The van der Waals surface area contributed by atoms with Crippen molar-refractivity contribution in [1.29, 1.82) is 0 Å². The van der Waals surface area contributed by atoms with Gasteiger partial charge in [-0.05, 0) is 29.8 Å². The quantitative estimate of drug-likeness (QED) is 0.166. The van der Waals surface area contributed by atoms with Crippen LogP contribution in [0, 0.1) is 0 Å². The highest BCUT2D eigenvalue weighted by Gasteiger charge is 2.19. The number of hydrogen-bond acceptors (Lipinski definition) is 7. The van der Waals surface area contributed by atoms with E-state index >= 15 is 0 Å². The van der Waals surface area contributed by atoms with E-state index in [2.05, 4.69) is 6.58 Å². The smallest absolute Gasteiger partial charge is 0.263 e. The molecule has 2 aromatic heterocycles. The van der Waals surface area contributed by atoms with Crippen LogP contribution in [0.4, 0.5) is 0 Å². The predicted octanol–water partition coefficient (Wildman–Crippen LogP) is 5.01. The largest absolute Gasteiger partial charge is 0.454 e. The molecule has 2 aromatic carbocycles. The summed E-state index contributed by atoms with van der Waals surface area (Å²) in [5.74, 6) is 1.26. The minimum absolute atomic E-state index is 0.0797. The molecule has 0 fully saturated rings. The SMILES string of the molecule is C=CCn1c(SCC(=O)c2ccc3c(c2)OCO3)nc2sc(-c3ccccc3)cc2c1=O. The lowest BCUT2D eigenvalue weighted by Gasteiger charge is -2.09. The molecule has 0 spiro atoms. The van der Waals surface area contributed by atoms with E-state index in [1.54, 1.807) is 28.8 Å². The van der Waals surface area contributed by atoms with Crippen molar-refractivity contribution in [3.8, 4) is 21.9 Å². The van der Waals surface area contributed by atoms with Crippen molar-refractivity contribution in [2.75, 3.05) is 12.5 Å². The lowest BCUT2D eigenvalue weighted by Crippen LogP contribution is -2.22. The maximum atomic E-state index is 13.2. The van der Waals surface area contributed by atoms with Crippen molar-refractivity contribution < 1.29 is 14.3 Å². The molecule has 0 unspecified atom stereocenters. The lowest BCUT2D eigenvalue weighted by molar-refractivity contribution is 0.102. The van der Waals surface area contributed by atoms with E-state index in [9.17, 15) is 9.59 Å². The number of carbonyl (C=O) groups excluding carboxylic acids is 1. The van der Waals surface area contributed by atoms with E-state index in [0.29, 0.717) is 39.0 Å². The molecule has 0 bridgehead atoms. The molecule has 0 aliphatic carbocycles. The van der Waals surface area contributed by atoms with Crippen molar-refractivity contribution in [3.05, 3.63) is 83.2 Å². The Hall–Kier alpha value is -3.36. The molecule has 32 heavy (non-hydrogen) atoms. The fourth-order valence-electron chi connectivity index (χ4n) is 3.43. The third-order valence-electron chi connectivity index (χ3n) is 5.01. The molecule has 0 atom stereocenters. The molecule has 0 N–H and O–H groups in total. The molecule has 5 rings (SSSR count). The number of ether oxygens (including phenoxy) is 2. The van der Waals surface area contributed by atoms with Gasteiger partial charge < -0.3 is 9.47 Å². The number of fused-ring (bicyclic) bond motifs is 2. The molecule has 4 aromatic rings. The highest BCUT2D eigenvalue weighted by atomic mass is 32.2. The first-order chi connectivity index (χ1) is 15.6. The van der Waals surface area contributed by atoms with Crippen LogP contribution >= 0.6 is 23.1 Å². The van der Waals surface area contributed by atoms with Crippen molar-refractivity contribution >= 4 is 39.1 Å². The van der Waals surface area contributed by atoms with Gasteiger partial charge in [-0.1, -0.05) is 48.2 Å². The number of Topliss-reactive ketones (excluding diaryl/α,β-unsaturated/α-hetero) is 1. The summed E-state index contributed by atoms with van der Waals surface area (Å²) in [7, 11) is 0. The summed E-state index contributed by atoms with van der Waals surface area (Å²) in [6.45, 7) is 4.24. The van der Waals surface area contributed by atoms with E-state index in [1.165, 1.54) is 23.1 Å². The van der Waals surface area contributed by atoms with E-state index in [0.717, 1.165) is 10.4 Å². The van der Waals surface area contributed by atoms with E-state index in [4.69, 9.17) is 14.5 Å². The first-order valence-electron chi connectivity index (χ1n) is 9.90. The molecule has 1 aliphatic heterocycles. The third kappa shape index (κ3) is 3.83. The summed E-state index contributed by atoms with van der Waals surface area (Å²) in [5, 5.41) is 1.07. The number of nitrogens with zero attached hydrogens (tertiary/aromatic N) is 2. The molecule has 6 nitrogen and oxygen atoms in total. The topological polar surface area (TPSA) is 70.4 Å². The Morgan fingerprint density at radius 1 is 1.16 bits per heavy atom. The second-order valence-electron chi connectivity index (χ2n) is 7.07. The van der Waals surface area contributed by atoms with Crippen molar-refractivity contribution in [2.24, 2.45) is 0 Å². The monoisotopic (exact) mass is 462 g/mol. The van der Waals surface area contributed by atoms with E-state index < -0.39 is 0 Å². The summed E-state index contributed by atoms with van der Waals surface area (Å²) in [5.41, 5.74) is 1.44. The number of aromatic nitrogens is 2. The Bertz CT molecular complexity index is 1390. The van der Waals surface area contributed by atoms with Gasteiger partial charge in [0.15, 0.2) is 22.4 Å². The molecule has 8 heteroatoms. The number of thioether (sulfide) groups is 1. The van der Waals surface area contributed by atoms with Gasteiger partial charge in [0.2, 0.25) is 6.79 Å². The molecule has 1 aliphatic rings. The second-order valence-corrected chi connectivity index (χ2v) is 9.05. The summed E-state index contributed by atoms with van der Waals surface area (Å²) in [4.78, 5) is 32.3. The van der Waals surface area contributed by atoms with Gasteiger partial charge in [-0.3, -0.25) is 14.2 Å². The Kier molecular flexibility index (Phi) is 5.55. The fourth-order valence-corrected chi connectivity index (χ4v) is 5.41. The molecule has 0 saturated heterocycles. The number of thiophene rings is 1. The minimum atomic E-state index is -0.133. The highest BCUT2D eigenvalue weighted by Crippen LogP contribution is 2.34. The number of rotatable bonds is 7. The minimum Gasteiger partial charge on any atom is -0.454 e. The first-order valence-corrected chi connectivity index (χ1v) is 11.7. The van der Waals surface area contributed by atoms with Crippen LogP contribution in [0.25, 0.3) is 20.7 Å². The number of allylic oxidation sites excluding steroid dienone is 1. The summed E-state index contributed by atoms with van der Waals surface area (Å²) in [6, 6.07) is 16.9. The average molecular weight is 463 g/mol. The molecule has 160 valence electrons. The Balaban J connectivity index is 1.45. The van der Waals surface area contributed by atoms with Gasteiger partial charge in [0.1, 0.15) is 4.83 Å². The fraction of sp³-hybridized carbons (Fsp3) is 0.125. The standard InChI is InChI=1S/C24H18N2O4S2/c1-2-10-26-23(28)17-12-21(15-6-4-3-5-7-15)32-22(17)25-24(26)31-13-18(27)16-8-9-19-20(11-16)30-14-29-19/h2-9,11-12H,1,10,13-14H2. The number of benzene rings is 2. The van der Waals surface area contributed by atoms with Crippen molar-refractivity contribution in [1.82, 2.24) is 9.55 Å². The average Bonchev–Trinajstić information content (AvgIpc) is 3.47. The van der Waals surface area contributed by atoms with Crippen LogP contribution in [0.2, 0.25) is 0 Å². The van der Waals surface area contributed by atoms with Crippen LogP contribution < -0.4 is 15.0 Å². The molecule has 0 radical (unpaired) electrons. The van der Waals surface area contributed by atoms with Crippen LogP contribution in [0.1, 0.15) is 10.4 Å². The van der Waals surface area contributed by atoms with Gasteiger partial charge in [0.05, 0.1) is 11.1 Å². The van der Waals surface area contributed by atoms with Crippen molar-refractivity contribution in [3.63, 3.8) is 0 Å². The molecule has 0 saturated carbocycles. The van der Waals surface area contributed by atoms with Gasteiger partial charge in [-0.25, -0.2) is 4.98 Å². The summed E-state index contributed by atoms with van der Waals surface area (Å²) >= 11 is 2.72. The molecular formula is C24H18N2O4S2. The van der Waals surface area contributed by atoms with E-state index in [1.807, 2.05) is 36.4 Å². The van der Waals surface area contributed by atoms with Crippen LogP contribution in [-0.4, -0.2) is 27.9 Å². The zero-order valence-electron chi connectivity index (χ0n) is 16.9. The second kappa shape index (κ2) is 8.64. The maximum absolute atomic E-state index is 13.2. The van der Waals surface area contributed by atoms with Crippen molar-refractivity contribution in [2.45, 2.75) is 11.7 Å². The summed E-state index contributed by atoms with van der Waals surface area (Å²) < 4.78 is 12.2. The Morgan fingerprint density at radius 2 is 1.97 bits per heavy atom. The number of carbonyl (C=O) groups is 1. The lowest BCUT2D eigenvalue weighted by atomic mass is 10.1. The number of ketones is 1. The van der Waals surface area contributed by atoms with Crippen LogP contribution in [-0.2, 0) is 6.54 Å². The van der Waals surface area contributed by atoms with Gasteiger partial charge >= 0.3 is 0 Å². The highest BCUT2D eigenvalue weighted by molar-refractivity contribution is 7.99. The van der Waals surface area contributed by atoms with E-state index in [-0.39, 0.29) is 23.9 Å². The number of hydrogen-bond donors (Lipinski definition) is 0. The molecule has 0 amide bonds. The third-order valence-corrected chi connectivity index (χ3v) is 7.07. The molecular weight excluding hydrogens is 444 g/mol. The van der Waals surface area contributed by atoms with Crippen LogP contribution in [0.3, 0.4) is 0 Å². The van der Waals surface area contributed by atoms with Gasteiger partial charge in [-0.15, -0.1) is 17.9 Å². The zero-order chi connectivity index (χ0) is 22.1. The van der Waals surface area contributed by atoms with Gasteiger partial charge in [0.25, 0.3) is 5.56 Å². The molecule has 3 heterocycles. The Labute approximate surface area is 192 Å². The summed E-state index contributed by atoms with van der Waals surface area (Å²) in [6.07, 6.45) is 1.66. The zero-order valence-corrected chi connectivity index (χ0v) is 18.6. The van der Waals surface area contributed by atoms with Gasteiger partial charge in [0, 0.05) is 17.0 Å². The first kappa shape index (κ1) is 20.5. The predicted molar refractivity (Wildman–Crippen MR) is 127 cm³/mol. The van der Waals surface area contributed by atoms with Crippen LogP contribution in [0.5, 0.6) is 11.5 Å². The van der Waals surface area contributed by atoms with Gasteiger partial charge in [-0.2, -0.15) is 0 Å². The normalized spacial score (nSPS) is 12.2.